The molecular weight excluding hydrogens is 241 g/mol. The van der Waals surface area contributed by atoms with Gasteiger partial charge in [-0.2, -0.15) is 13.2 Å². The van der Waals surface area contributed by atoms with Crippen LogP contribution in [0.15, 0.2) is 24.3 Å². The van der Waals surface area contributed by atoms with Gasteiger partial charge in [-0.1, -0.05) is 32.9 Å². The zero-order valence-corrected chi connectivity index (χ0v) is 10.7. The van der Waals surface area contributed by atoms with Crippen LogP contribution < -0.4 is 0 Å². The van der Waals surface area contributed by atoms with Gasteiger partial charge >= 0.3 is 6.18 Å². The van der Waals surface area contributed by atoms with E-state index in [1.807, 2.05) is 20.8 Å². The molecule has 0 spiro atoms. The molecular formula is C14H17F3O. The third kappa shape index (κ3) is 3.86. The van der Waals surface area contributed by atoms with Crippen LogP contribution in [-0.4, -0.2) is 5.78 Å². The monoisotopic (exact) mass is 258 g/mol. The van der Waals surface area contributed by atoms with Crippen LogP contribution in [0.3, 0.4) is 0 Å². The molecule has 0 N–H and O–H groups in total. The summed E-state index contributed by atoms with van der Waals surface area (Å²) >= 11 is 0. The fourth-order valence-corrected chi connectivity index (χ4v) is 1.55. The van der Waals surface area contributed by atoms with Crippen molar-refractivity contribution in [2.24, 2.45) is 11.8 Å². The number of alkyl halides is 3. The molecule has 0 saturated carbocycles. The highest BCUT2D eigenvalue weighted by Gasteiger charge is 2.30. The first-order valence-electron chi connectivity index (χ1n) is 5.90. The van der Waals surface area contributed by atoms with Crippen molar-refractivity contribution < 1.29 is 18.0 Å². The van der Waals surface area contributed by atoms with Crippen molar-refractivity contribution in [3.05, 3.63) is 35.4 Å². The van der Waals surface area contributed by atoms with E-state index in [0.717, 1.165) is 12.1 Å². The van der Waals surface area contributed by atoms with E-state index in [1.165, 1.54) is 12.1 Å². The normalized spacial score (nSPS) is 13.7. The number of benzene rings is 1. The summed E-state index contributed by atoms with van der Waals surface area (Å²) in [6, 6.07) is 4.77. The van der Waals surface area contributed by atoms with Crippen LogP contribution in [0.4, 0.5) is 13.2 Å². The molecule has 0 aliphatic rings. The molecule has 0 amide bonds. The van der Waals surface area contributed by atoms with Gasteiger partial charge in [-0.05, 0) is 23.6 Å². The lowest BCUT2D eigenvalue weighted by molar-refractivity contribution is -0.137. The van der Waals surface area contributed by atoms with Crippen molar-refractivity contribution in [3.8, 4) is 0 Å². The molecule has 18 heavy (non-hydrogen) atoms. The van der Waals surface area contributed by atoms with Crippen LogP contribution in [0.2, 0.25) is 0 Å². The molecule has 0 heterocycles. The average molecular weight is 258 g/mol. The number of Topliss-reactive ketones (excluding diaryl/α,β-unsaturated/α-hetero) is 1. The molecule has 0 radical (unpaired) electrons. The lowest BCUT2D eigenvalue weighted by atomic mass is 9.90. The highest BCUT2D eigenvalue weighted by molar-refractivity contribution is 5.83. The second kappa shape index (κ2) is 5.55. The summed E-state index contributed by atoms with van der Waals surface area (Å²) in [4.78, 5) is 11.8. The van der Waals surface area contributed by atoms with Crippen molar-refractivity contribution in [1.82, 2.24) is 0 Å². The van der Waals surface area contributed by atoms with E-state index in [4.69, 9.17) is 0 Å². The second-order valence-electron chi connectivity index (χ2n) is 4.87. The summed E-state index contributed by atoms with van der Waals surface area (Å²) in [5.41, 5.74) is -0.0592. The maximum absolute atomic E-state index is 12.3. The predicted octanol–water partition coefficient (Wildman–Crippen LogP) is 4.11. The van der Waals surface area contributed by atoms with Crippen molar-refractivity contribution in [1.29, 1.82) is 0 Å². The Balaban J connectivity index is 2.73. The highest BCUT2D eigenvalue weighted by atomic mass is 19.4. The number of rotatable bonds is 4. The van der Waals surface area contributed by atoms with E-state index >= 15 is 0 Å². The van der Waals surface area contributed by atoms with E-state index in [9.17, 15) is 18.0 Å². The van der Waals surface area contributed by atoms with E-state index in [2.05, 4.69) is 0 Å². The maximum Gasteiger partial charge on any atom is 0.416 e. The minimum atomic E-state index is -4.33. The molecule has 0 fully saturated rings. The molecule has 4 heteroatoms. The summed E-state index contributed by atoms with van der Waals surface area (Å²) in [6.45, 7) is 5.75. The van der Waals surface area contributed by atoms with Crippen molar-refractivity contribution in [2.75, 3.05) is 0 Å². The molecule has 0 aliphatic carbocycles. The fourth-order valence-electron chi connectivity index (χ4n) is 1.55. The van der Waals surface area contributed by atoms with Crippen molar-refractivity contribution >= 4 is 5.78 Å². The zero-order chi connectivity index (χ0) is 13.9. The Hall–Kier alpha value is -1.32. The third-order valence-corrected chi connectivity index (χ3v) is 3.17. The molecule has 1 aromatic carbocycles. The smallest absolute Gasteiger partial charge is 0.299 e. The van der Waals surface area contributed by atoms with Crippen LogP contribution in [0, 0.1) is 11.8 Å². The zero-order valence-electron chi connectivity index (χ0n) is 10.7. The van der Waals surface area contributed by atoms with E-state index in [1.54, 1.807) is 0 Å². The summed E-state index contributed by atoms with van der Waals surface area (Å²) in [7, 11) is 0. The Labute approximate surface area is 105 Å². The van der Waals surface area contributed by atoms with Gasteiger partial charge < -0.3 is 0 Å². The number of hydrogen-bond donors (Lipinski definition) is 0. The predicted molar refractivity (Wildman–Crippen MR) is 64.2 cm³/mol. The molecule has 1 atom stereocenters. The molecule has 0 bridgehead atoms. The number of hydrogen-bond acceptors (Lipinski definition) is 1. The van der Waals surface area contributed by atoms with Crippen LogP contribution in [0.1, 0.15) is 31.9 Å². The van der Waals surface area contributed by atoms with Gasteiger partial charge in [0.1, 0.15) is 5.78 Å². The molecule has 1 nitrogen and oxygen atoms in total. The second-order valence-corrected chi connectivity index (χ2v) is 4.87. The van der Waals surface area contributed by atoms with Crippen LogP contribution >= 0.6 is 0 Å². The first kappa shape index (κ1) is 14.7. The Morgan fingerprint density at radius 2 is 1.61 bits per heavy atom. The standard InChI is InChI=1S/C14H17F3O/c1-9(2)10(3)13(18)8-11-4-6-12(7-5-11)14(15,16)17/h4-7,9-10H,8H2,1-3H3. The number of carbonyl (C=O) groups is 1. The van der Waals surface area contributed by atoms with Crippen LogP contribution in [0.5, 0.6) is 0 Å². The van der Waals surface area contributed by atoms with Gasteiger partial charge in [0, 0.05) is 12.3 Å². The molecule has 0 aromatic heterocycles. The van der Waals surface area contributed by atoms with E-state index in [-0.39, 0.29) is 24.0 Å². The summed E-state index contributed by atoms with van der Waals surface area (Å²) in [6.07, 6.45) is -4.13. The molecule has 1 rings (SSSR count). The summed E-state index contributed by atoms with van der Waals surface area (Å²) < 4.78 is 37.0. The molecule has 1 aromatic rings. The quantitative estimate of drug-likeness (QED) is 0.794. The maximum atomic E-state index is 12.3. The number of carbonyl (C=O) groups excluding carboxylic acids is 1. The number of ketones is 1. The van der Waals surface area contributed by atoms with Gasteiger partial charge in [-0.3, -0.25) is 4.79 Å². The van der Waals surface area contributed by atoms with Gasteiger partial charge in [-0.15, -0.1) is 0 Å². The van der Waals surface area contributed by atoms with Gasteiger partial charge in [0.25, 0.3) is 0 Å². The fraction of sp³-hybridized carbons (Fsp3) is 0.500. The SMILES string of the molecule is CC(C)C(C)C(=O)Cc1ccc(C(F)(F)F)cc1. The Morgan fingerprint density at radius 3 is 2.00 bits per heavy atom. The first-order valence-corrected chi connectivity index (χ1v) is 5.90. The van der Waals surface area contributed by atoms with E-state index in [0.29, 0.717) is 5.56 Å². The average Bonchev–Trinajstić information content (AvgIpc) is 2.27. The van der Waals surface area contributed by atoms with Crippen molar-refractivity contribution in [2.45, 2.75) is 33.4 Å². The minimum absolute atomic E-state index is 0.0600. The Kier molecular flexibility index (Phi) is 4.54. The Morgan fingerprint density at radius 1 is 1.11 bits per heavy atom. The first-order chi connectivity index (χ1) is 8.21. The molecule has 1 unspecified atom stereocenters. The number of halogens is 3. The van der Waals surface area contributed by atoms with Crippen LogP contribution in [0.25, 0.3) is 0 Å². The largest absolute Gasteiger partial charge is 0.416 e. The lowest BCUT2D eigenvalue weighted by Crippen LogP contribution is -2.18. The summed E-state index contributed by atoms with van der Waals surface area (Å²) in [5.74, 6) is 0.226. The van der Waals surface area contributed by atoms with Crippen molar-refractivity contribution in [3.63, 3.8) is 0 Å². The highest BCUT2D eigenvalue weighted by Crippen LogP contribution is 2.29. The van der Waals surface area contributed by atoms with Gasteiger partial charge in [0.05, 0.1) is 5.56 Å². The molecule has 100 valence electrons. The topological polar surface area (TPSA) is 17.1 Å². The molecule has 0 aliphatic heterocycles. The third-order valence-electron chi connectivity index (χ3n) is 3.17. The van der Waals surface area contributed by atoms with Crippen LogP contribution in [-0.2, 0) is 17.4 Å². The van der Waals surface area contributed by atoms with E-state index < -0.39 is 11.7 Å². The van der Waals surface area contributed by atoms with Gasteiger partial charge in [0.2, 0.25) is 0 Å². The Bertz CT molecular complexity index is 404. The summed E-state index contributed by atoms with van der Waals surface area (Å²) in [5, 5.41) is 0. The van der Waals surface area contributed by atoms with Gasteiger partial charge in [-0.25, -0.2) is 0 Å². The van der Waals surface area contributed by atoms with Gasteiger partial charge in [0.15, 0.2) is 0 Å². The lowest BCUT2D eigenvalue weighted by Gasteiger charge is -2.14. The minimum Gasteiger partial charge on any atom is -0.299 e. The molecule has 0 saturated heterocycles.